The molecule has 0 radical (unpaired) electrons. The number of benzene rings is 2. The third-order valence-corrected chi connectivity index (χ3v) is 3.16. The van der Waals surface area contributed by atoms with Crippen LogP contribution >= 0.6 is 23.2 Å². The first-order valence-electron chi connectivity index (χ1n) is 5.74. The number of carbonyl (C=O) groups is 1. The number of hydrogen-bond acceptors (Lipinski definition) is 2. The van der Waals surface area contributed by atoms with E-state index in [9.17, 15) is 4.79 Å². The SMILES string of the molecule is Cc1ccc(OCC(=O)c2ccc(Cl)cc2)c(Cl)c1. The van der Waals surface area contributed by atoms with Crippen molar-refractivity contribution >= 4 is 29.0 Å². The molecule has 2 rings (SSSR count). The third kappa shape index (κ3) is 3.72. The lowest BCUT2D eigenvalue weighted by atomic mass is 10.1. The van der Waals surface area contributed by atoms with Crippen LogP contribution in [0.5, 0.6) is 5.75 Å². The summed E-state index contributed by atoms with van der Waals surface area (Å²) in [4.78, 5) is 11.9. The van der Waals surface area contributed by atoms with E-state index in [4.69, 9.17) is 27.9 Å². The van der Waals surface area contributed by atoms with Gasteiger partial charge in [-0.15, -0.1) is 0 Å². The first kappa shape index (κ1) is 13.9. The van der Waals surface area contributed by atoms with Gasteiger partial charge in [0.1, 0.15) is 5.75 Å². The summed E-state index contributed by atoms with van der Waals surface area (Å²) in [6, 6.07) is 12.1. The van der Waals surface area contributed by atoms with Crippen molar-refractivity contribution in [3.8, 4) is 5.75 Å². The van der Waals surface area contributed by atoms with E-state index in [1.807, 2.05) is 13.0 Å². The number of rotatable bonds is 4. The van der Waals surface area contributed by atoms with Crippen LogP contribution in [-0.4, -0.2) is 12.4 Å². The molecule has 0 spiro atoms. The van der Waals surface area contributed by atoms with Gasteiger partial charge in [0.05, 0.1) is 5.02 Å². The van der Waals surface area contributed by atoms with Crippen molar-refractivity contribution in [3.63, 3.8) is 0 Å². The molecular formula is C15H12Cl2O2. The van der Waals surface area contributed by atoms with Crippen LogP contribution in [0.15, 0.2) is 42.5 Å². The van der Waals surface area contributed by atoms with Gasteiger partial charge >= 0.3 is 0 Å². The van der Waals surface area contributed by atoms with Gasteiger partial charge in [-0.25, -0.2) is 0 Å². The second kappa shape index (κ2) is 6.09. The van der Waals surface area contributed by atoms with Crippen LogP contribution in [0, 0.1) is 6.92 Å². The van der Waals surface area contributed by atoms with E-state index < -0.39 is 0 Å². The molecule has 0 N–H and O–H groups in total. The van der Waals surface area contributed by atoms with E-state index >= 15 is 0 Å². The second-order valence-electron chi connectivity index (χ2n) is 4.15. The molecular weight excluding hydrogens is 283 g/mol. The normalized spacial score (nSPS) is 10.3. The zero-order chi connectivity index (χ0) is 13.8. The topological polar surface area (TPSA) is 26.3 Å². The average molecular weight is 295 g/mol. The van der Waals surface area contributed by atoms with Gasteiger partial charge in [-0.2, -0.15) is 0 Å². The van der Waals surface area contributed by atoms with Crippen LogP contribution in [0.25, 0.3) is 0 Å². The summed E-state index contributed by atoms with van der Waals surface area (Å²) in [6.45, 7) is 1.89. The molecule has 98 valence electrons. The zero-order valence-electron chi connectivity index (χ0n) is 10.3. The highest BCUT2D eigenvalue weighted by Crippen LogP contribution is 2.25. The Hall–Kier alpha value is -1.51. The Kier molecular flexibility index (Phi) is 4.46. The van der Waals surface area contributed by atoms with Crippen LogP contribution in [0.2, 0.25) is 10.0 Å². The molecule has 0 aliphatic heterocycles. The summed E-state index contributed by atoms with van der Waals surface area (Å²) in [5.41, 5.74) is 1.61. The summed E-state index contributed by atoms with van der Waals surface area (Å²) in [5, 5.41) is 1.10. The molecule has 2 aromatic carbocycles. The van der Waals surface area contributed by atoms with Gasteiger partial charge < -0.3 is 4.74 Å². The first-order chi connectivity index (χ1) is 9.06. The number of aryl methyl sites for hydroxylation is 1. The molecule has 2 nitrogen and oxygen atoms in total. The maximum absolute atomic E-state index is 11.9. The lowest BCUT2D eigenvalue weighted by Gasteiger charge is -2.08. The Balaban J connectivity index is 2.02. The molecule has 0 saturated heterocycles. The predicted molar refractivity (Wildman–Crippen MR) is 77.5 cm³/mol. The third-order valence-electron chi connectivity index (χ3n) is 2.61. The average Bonchev–Trinajstić information content (AvgIpc) is 2.38. The number of ether oxygens (including phenoxy) is 1. The van der Waals surface area contributed by atoms with E-state index in [1.165, 1.54) is 0 Å². The van der Waals surface area contributed by atoms with Crippen molar-refractivity contribution in [1.29, 1.82) is 0 Å². The first-order valence-corrected chi connectivity index (χ1v) is 6.49. The fourth-order valence-corrected chi connectivity index (χ4v) is 2.00. The Labute approximate surface area is 121 Å². The van der Waals surface area contributed by atoms with E-state index in [2.05, 4.69) is 0 Å². The molecule has 19 heavy (non-hydrogen) atoms. The van der Waals surface area contributed by atoms with Crippen LogP contribution in [-0.2, 0) is 0 Å². The van der Waals surface area contributed by atoms with Crippen molar-refractivity contribution in [2.75, 3.05) is 6.61 Å². The number of Topliss-reactive ketones (excluding diaryl/α,β-unsaturated/α-hetero) is 1. The van der Waals surface area contributed by atoms with Crippen molar-refractivity contribution < 1.29 is 9.53 Å². The number of halogens is 2. The maximum Gasteiger partial charge on any atom is 0.200 e. The van der Waals surface area contributed by atoms with E-state index in [1.54, 1.807) is 36.4 Å². The highest BCUT2D eigenvalue weighted by molar-refractivity contribution is 6.32. The number of ketones is 1. The largest absolute Gasteiger partial charge is 0.484 e. The Morgan fingerprint density at radius 1 is 1.11 bits per heavy atom. The molecule has 0 heterocycles. The molecule has 0 amide bonds. The van der Waals surface area contributed by atoms with Crippen molar-refractivity contribution in [2.24, 2.45) is 0 Å². The fraction of sp³-hybridized carbons (Fsp3) is 0.133. The fourth-order valence-electron chi connectivity index (χ4n) is 1.59. The molecule has 0 aliphatic carbocycles. The lowest BCUT2D eigenvalue weighted by Crippen LogP contribution is -2.11. The molecule has 0 aliphatic rings. The van der Waals surface area contributed by atoms with Gasteiger partial charge in [-0.3, -0.25) is 4.79 Å². The summed E-state index contributed by atoms with van der Waals surface area (Å²) in [6.07, 6.45) is 0. The Morgan fingerprint density at radius 2 is 1.79 bits per heavy atom. The van der Waals surface area contributed by atoms with Crippen LogP contribution in [0.1, 0.15) is 15.9 Å². The summed E-state index contributed by atoms with van der Waals surface area (Å²) in [7, 11) is 0. The highest BCUT2D eigenvalue weighted by atomic mass is 35.5. The van der Waals surface area contributed by atoms with Crippen LogP contribution in [0.3, 0.4) is 0 Å². The van der Waals surface area contributed by atoms with Gasteiger partial charge in [0.2, 0.25) is 0 Å². The van der Waals surface area contributed by atoms with Crippen molar-refractivity contribution in [2.45, 2.75) is 6.92 Å². The van der Waals surface area contributed by atoms with E-state index in [-0.39, 0.29) is 12.4 Å². The van der Waals surface area contributed by atoms with Gasteiger partial charge in [-0.05, 0) is 48.9 Å². The Morgan fingerprint density at radius 3 is 2.42 bits per heavy atom. The minimum absolute atomic E-state index is 0.0512. The molecule has 0 bridgehead atoms. The highest BCUT2D eigenvalue weighted by Gasteiger charge is 2.08. The van der Waals surface area contributed by atoms with Crippen molar-refractivity contribution in [3.05, 3.63) is 63.6 Å². The van der Waals surface area contributed by atoms with Crippen LogP contribution < -0.4 is 4.74 Å². The number of carbonyl (C=O) groups excluding carboxylic acids is 1. The molecule has 0 fully saturated rings. The van der Waals surface area contributed by atoms with Gasteiger partial charge in [0.15, 0.2) is 12.4 Å². The number of hydrogen-bond donors (Lipinski definition) is 0. The molecule has 4 heteroatoms. The maximum atomic E-state index is 11.9. The van der Waals surface area contributed by atoms with Gasteiger partial charge in [0.25, 0.3) is 0 Å². The molecule has 0 saturated carbocycles. The molecule has 0 unspecified atom stereocenters. The summed E-state index contributed by atoms with van der Waals surface area (Å²) in [5.74, 6) is 0.392. The van der Waals surface area contributed by atoms with E-state index in [0.29, 0.717) is 21.4 Å². The summed E-state index contributed by atoms with van der Waals surface area (Å²) >= 11 is 11.8. The minimum atomic E-state index is -0.117. The smallest absolute Gasteiger partial charge is 0.200 e. The molecule has 2 aromatic rings. The Bertz CT molecular complexity index is 592. The van der Waals surface area contributed by atoms with Crippen molar-refractivity contribution in [1.82, 2.24) is 0 Å². The molecule has 0 aromatic heterocycles. The monoisotopic (exact) mass is 294 g/mol. The molecule has 0 atom stereocenters. The summed E-state index contributed by atoms with van der Waals surface area (Å²) < 4.78 is 5.42. The quantitative estimate of drug-likeness (QED) is 0.773. The predicted octanol–water partition coefficient (Wildman–Crippen LogP) is 4.56. The van der Waals surface area contributed by atoms with Crippen LogP contribution in [0.4, 0.5) is 0 Å². The minimum Gasteiger partial charge on any atom is -0.484 e. The van der Waals surface area contributed by atoms with Gasteiger partial charge in [0, 0.05) is 10.6 Å². The lowest BCUT2D eigenvalue weighted by molar-refractivity contribution is 0.0921. The zero-order valence-corrected chi connectivity index (χ0v) is 11.8. The second-order valence-corrected chi connectivity index (χ2v) is 5.00. The van der Waals surface area contributed by atoms with Gasteiger partial charge in [-0.1, -0.05) is 29.3 Å². The standard InChI is InChI=1S/C15H12Cl2O2/c1-10-2-7-15(13(17)8-10)19-9-14(18)11-3-5-12(16)6-4-11/h2-8H,9H2,1H3. The van der Waals surface area contributed by atoms with E-state index in [0.717, 1.165) is 5.56 Å².